The fraction of sp³-hybridized carbons (Fsp3) is 0.355. The van der Waals surface area contributed by atoms with Crippen molar-refractivity contribution in [3.63, 3.8) is 0 Å². The van der Waals surface area contributed by atoms with Crippen LogP contribution in [0, 0.1) is 19.7 Å². The number of aryl methyl sites for hydroxylation is 2. The van der Waals surface area contributed by atoms with Crippen LogP contribution in [0.4, 0.5) is 10.1 Å². The van der Waals surface area contributed by atoms with E-state index in [0.29, 0.717) is 12.1 Å². The van der Waals surface area contributed by atoms with Gasteiger partial charge in [0.2, 0.25) is 21.8 Å². The van der Waals surface area contributed by atoms with Gasteiger partial charge in [0, 0.05) is 24.6 Å². The van der Waals surface area contributed by atoms with Gasteiger partial charge >= 0.3 is 0 Å². The van der Waals surface area contributed by atoms with Gasteiger partial charge in [-0.3, -0.25) is 13.9 Å². The van der Waals surface area contributed by atoms with E-state index < -0.39 is 34.3 Å². The molecule has 0 unspecified atom stereocenters. The van der Waals surface area contributed by atoms with Crippen molar-refractivity contribution in [3.8, 4) is 0 Å². The van der Waals surface area contributed by atoms with Crippen LogP contribution in [0.3, 0.4) is 0 Å². The molecule has 0 heterocycles. The summed E-state index contributed by atoms with van der Waals surface area (Å²) in [7, 11) is -3.88. The molecule has 40 heavy (non-hydrogen) atoms. The number of nitrogens with one attached hydrogen (secondary N) is 1. The second-order valence-electron chi connectivity index (χ2n) is 10.3. The van der Waals surface area contributed by atoms with Crippen molar-refractivity contribution >= 4 is 27.5 Å². The van der Waals surface area contributed by atoms with Crippen molar-refractivity contribution in [2.75, 3.05) is 17.1 Å². The summed E-state index contributed by atoms with van der Waals surface area (Å²) < 4.78 is 41.7. The highest BCUT2D eigenvalue weighted by molar-refractivity contribution is 7.92. The Hall–Kier alpha value is -3.72. The van der Waals surface area contributed by atoms with Crippen LogP contribution in [0.5, 0.6) is 0 Å². The Morgan fingerprint density at radius 2 is 1.55 bits per heavy atom. The summed E-state index contributed by atoms with van der Waals surface area (Å²) in [6.45, 7) is 6.75. The van der Waals surface area contributed by atoms with Crippen LogP contribution >= 0.6 is 0 Å². The molecule has 0 saturated carbocycles. The molecule has 2 atom stereocenters. The number of carbonyl (C=O) groups excluding carboxylic acids is 2. The maximum absolute atomic E-state index is 14.8. The fourth-order valence-electron chi connectivity index (χ4n) is 4.51. The number of anilines is 1. The summed E-state index contributed by atoms with van der Waals surface area (Å²) >= 11 is 0. The minimum Gasteiger partial charge on any atom is -0.352 e. The first kappa shape index (κ1) is 30.8. The van der Waals surface area contributed by atoms with Crippen molar-refractivity contribution in [1.29, 1.82) is 0 Å². The maximum atomic E-state index is 14.8. The van der Waals surface area contributed by atoms with Gasteiger partial charge in [0.05, 0.1) is 11.9 Å². The Morgan fingerprint density at radius 1 is 0.950 bits per heavy atom. The summed E-state index contributed by atoms with van der Waals surface area (Å²) in [6, 6.07) is 19.4. The predicted octanol–water partition coefficient (Wildman–Crippen LogP) is 4.76. The lowest BCUT2D eigenvalue weighted by Gasteiger charge is -2.34. The van der Waals surface area contributed by atoms with Gasteiger partial charge in [-0.05, 0) is 62.1 Å². The second-order valence-corrected chi connectivity index (χ2v) is 12.2. The van der Waals surface area contributed by atoms with E-state index in [1.165, 1.54) is 11.0 Å². The first-order valence-electron chi connectivity index (χ1n) is 13.3. The van der Waals surface area contributed by atoms with Gasteiger partial charge in [-0.1, -0.05) is 61.5 Å². The number of carbonyl (C=O) groups is 2. The van der Waals surface area contributed by atoms with Crippen LogP contribution in [0.2, 0.25) is 0 Å². The molecule has 0 spiro atoms. The normalized spacial score (nSPS) is 12.8. The SMILES string of the molecule is CC[C@@H](C)NC(=O)[C@@H](Cc1ccccc1)N(Cc1ccccc1F)C(=O)CN(c1cc(C)cc(C)c1)S(C)(=O)=O. The maximum Gasteiger partial charge on any atom is 0.244 e. The highest BCUT2D eigenvalue weighted by Gasteiger charge is 2.34. The van der Waals surface area contributed by atoms with Gasteiger partial charge in [-0.15, -0.1) is 0 Å². The lowest BCUT2D eigenvalue weighted by molar-refractivity contribution is -0.140. The van der Waals surface area contributed by atoms with E-state index in [-0.39, 0.29) is 30.5 Å². The number of benzene rings is 3. The van der Waals surface area contributed by atoms with Crippen molar-refractivity contribution < 1.29 is 22.4 Å². The molecule has 0 radical (unpaired) electrons. The lowest BCUT2D eigenvalue weighted by atomic mass is 10.0. The van der Waals surface area contributed by atoms with Crippen LogP contribution in [-0.4, -0.2) is 50.0 Å². The highest BCUT2D eigenvalue weighted by atomic mass is 32.2. The van der Waals surface area contributed by atoms with Crippen molar-refractivity contribution in [2.24, 2.45) is 0 Å². The monoisotopic (exact) mass is 567 g/mol. The molecule has 1 N–H and O–H groups in total. The summed E-state index contributed by atoms with van der Waals surface area (Å²) in [6.07, 6.45) is 1.89. The minimum absolute atomic E-state index is 0.154. The van der Waals surface area contributed by atoms with Crippen LogP contribution in [0.1, 0.15) is 42.5 Å². The Balaban J connectivity index is 2.09. The average molecular weight is 568 g/mol. The van der Waals surface area contributed by atoms with Gasteiger partial charge in [0.25, 0.3) is 0 Å². The summed E-state index contributed by atoms with van der Waals surface area (Å²) in [4.78, 5) is 29.0. The smallest absolute Gasteiger partial charge is 0.244 e. The molecular weight excluding hydrogens is 529 g/mol. The van der Waals surface area contributed by atoms with E-state index in [2.05, 4.69) is 5.32 Å². The van der Waals surface area contributed by atoms with E-state index in [1.54, 1.807) is 30.3 Å². The third kappa shape index (κ3) is 8.39. The molecule has 0 aromatic heterocycles. The number of sulfonamides is 1. The van der Waals surface area contributed by atoms with Crippen LogP contribution in [0.25, 0.3) is 0 Å². The van der Waals surface area contributed by atoms with Gasteiger partial charge in [0.1, 0.15) is 18.4 Å². The van der Waals surface area contributed by atoms with Crippen LogP contribution < -0.4 is 9.62 Å². The molecule has 0 fully saturated rings. The summed E-state index contributed by atoms with van der Waals surface area (Å²) in [5.74, 6) is -1.52. The van der Waals surface area contributed by atoms with Crippen LogP contribution in [0.15, 0.2) is 72.8 Å². The van der Waals surface area contributed by atoms with Gasteiger partial charge < -0.3 is 10.2 Å². The first-order chi connectivity index (χ1) is 18.9. The minimum atomic E-state index is -3.88. The fourth-order valence-corrected chi connectivity index (χ4v) is 5.35. The molecule has 0 aliphatic rings. The second kappa shape index (κ2) is 13.6. The number of nitrogens with zero attached hydrogens (tertiary/aromatic N) is 2. The van der Waals surface area contributed by atoms with E-state index in [9.17, 15) is 22.4 Å². The number of rotatable bonds is 12. The zero-order valence-corrected chi connectivity index (χ0v) is 24.5. The third-order valence-corrected chi connectivity index (χ3v) is 7.88. The van der Waals surface area contributed by atoms with E-state index in [4.69, 9.17) is 0 Å². The molecule has 3 rings (SSSR count). The topological polar surface area (TPSA) is 86.8 Å². The molecule has 0 saturated heterocycles. The first-order valence-corrected chi connectivity index (χ1v) is 15.2. The third-order valence-electron chi connectivity index (χ3n) is 6.74. The number of hydrogen-bond acceptors (Lipinski definition) is 4. The zero-order chi connectivity index (χ0) is 29.4. The summed E-state index contributed by atoms with van der Waals surface area (Å²) in [5.41, 5.74) is 3.07. The Bertz CT molecular complexity index is 1410. The highest BCUT2D eigenvalue weighted by Crippen LogP contribution is 2.23. The molecule has 0 aliphatic carbocycles. The molecule has 3 aromatic carbocycles. The van der Waals surface area contributed by atoms with Crippen molar-refractivity contribution in [1.82, 2.24) is 10.2 Å². The van der Waals surface area contributed by atoms with Gasteiger partial charge in [0.15, 0.2) is 0 Å². The van der Waals surface area contributed by atoms with Gasteiger partial charge in [-0.25, -0.2) is 12.8 Å². The molecule has 0 bridgehead atoms. The quantitative estimate of drug-likeness (QED) is 0.342. The standard InChI is InChI=1S/C31H38FN3O4S/c1-6-24(4)33-31(37)29(19-25-12-8-7-9-13-25)34(20-26-14-10-11-15-28(26)32)30(36)21-35(40(5,38)39)27-17-22(2)16-23(3)18-27/h7-18,24,29H,6,19-21H2,1-5H3,(H,33,37)/t24-,29-/m1/s1. The van der Waals surface area contributed by atoms with Crippen LogP contribution in [-0.2, 0) is 32.6 Å². The Morgan fingerprint density at radius 3 is 2.12 bits per heavy atom. The number of amides is 2. The van der Waals surface area contributed by atoms with Crippen molar-refractivity contribution in [3.05, 3.63) is 101 Å². The van der Waals surface area contributed by atoms with E-state index in [0.717, 1.165) is 27.3 Å². The van der Waals surface area contributed by atoms with E-state index in [1.807, 2.05) is 64.1 Å². The molecular formula is C31H38FN3O4S. The summed E-state index contributed by atoms with van der Waals surface area (Å²) in [5, 5.41) is 2.96. The number of hydrogen-bond donors (Lipinski definition) is 1. The average Bonchev–Trinajstić information content (AvgIpc) is 2.89. The molecule has 7 nitrogen and oxygen atoms in total. The zero-order valence-electron chi connectivity index (χ0n) is 23.7. The van der Waals surface area contributed by atoms with Gasteiger partial charge in [-0.2, -0.15) is 0 Å². The predicted molar refractivity (Wildman–Crippen MR) is 157 cm³/mol. The molecule has 2 amide bonds. The molecule has 214 valence electrons. The molecule has 0 aliphatic heterocycles. The Kier molecular flexibility index (Phi) is 10.5. The largest absolute Gasteiger partial charge is 0.352 e. The Labute approximate surface area is 237 Å². The molecule has 3 aromatic rings. The molecule has 9 heteroatoms. The van der Waals surface area contributed by atoms with E-state index >= 15 is 0 Å². The lowest BCUT2D eigenvalue weighted by Crippen LogP contribution is -2.54. The number of halogens is 1. The van der Waals surface area contributed by atoms with Crippen molar-refractivity contribution in [2.45, 2.75) is 59.2 Å².